The fourth-order valence-corrected chi connectivity index (χ4v) is 1.37. The summed E-state index contributed by atoms with van der Waals surface area (Å²) in [6.45, 7) is 5.46. The Labute approximate surface area is 86.0 Å². The van der Waals surface area contributed by atoms with Gasteiger partial charge in [-0.3, -0.25) is 0 Å². The van der Waals surface area contributed by atoms with Crippen LogP contribution in [0.15, 0.2) is 16.6 Å². The molecule has 0 aliphatic heterocycles. The van der Waals surface area contributed by atoms with Crippen LogP contribution < -0.4 is 4.74 Å². The van der Waals surface area contributed by atoms with Crippen LogP contribution in [0.4, 0.5) is 4.39 Å². The van der Waals surface area contributed by atoms with Gasteiger partial charge in [0.15, 0.2) is 11.6 Å². The van der Waals surface area contributed by atoms with Gasteiger partial charge in [0.05, 0.1) is 10.6 Å². The maximum absolute atomic E-state index is 13.5. The van der Waals surface area contributed by atoms with Crippen LogP contribution in [0, 0.1) is 12.7 Å². The van der Waals surface area contributed by atoms with Crippen molar-refractivity contribution in [3.8, 4) is 5.75 Å². The molecule has 13 heavy (non-hydrogen) atoms. The first-order valence-corrected chi connectivity index (χ1v) is 4.93. The zero-order chi connectivity index (χ0) is 10.0. The summed E-state index contributed by atoms with van der Waals surface area (Å²) in [5.74, 6) is 0.0121. The Morgan fingerprint density at radius 3 is 2.54 bits per heavy atom. The van der Waals surface area contributed by atoms with Crippen LogP contribution in [-0.4, -0.2) is 6.10 Å². The number of aryl methyl sites for hydroxylation is 1. The summed E-state index contributed by atoms with van der Waals surface area (Å²) >= 11 is 3.24. The van der Waals surface area contributed by atoms with Crippen LogP contribution in [0.1, 0.15) is 19.4 Å². The van der Waals surface area contributed by atoms with Crippen LogP contribution in [0.3, 0.4) is 0 Å². The third-order valence-corrected chi connectivity index (χ3v) is 2.22. The van der Waals surface area contributed by atoms with E-state index in [9.17, 15) is 4.39 Å². The number of hydrogen-bond acceptors (Lipinski definition) is 1. The normalized spacial score (nSPS) is 10.6. The molecule has 72 valence electrons. The lowest BCUT2D eigenvalue weighted by molar-refractivity contribution is 0.229. The van der Waals surface area contributed by atoms with E-state index < -0.39 is 0 Å². The standard InChI is InChI=1S/C10H12BrFO/c1-6(2)13-10-8(11)5-4-7(3)9(10)12/h4-6H,1-3H3. The van der Waals surface area contributed by atoms with E-state index in [1.54, 1.807) is 19.1 Å². The second kappa shape index (κ2) is 4.09. The van der Waals surface area contributed by atoms with Gasteiger partial charge in [0.25, 0.3) is 0 Å². The number of hydrogen-bond donors (Lipinski definition) is 0. The minimum absolute atomic E-state index is 0.0207. The van der Waals surface area contributed by atoms with E-state index in [-0.39, 0.29) is 11.9 Å². The van der Waals surface area contributed by atoms with Crippen molar-refractivity contribution >= 4 is 15.9 Å². The second-order valence-corrected chi connectivity index (χ2v) is 4.03. The zero-order valence-electron chi connectivity index (χ0n) is 7.90. The summed E-state index contributed by atoms with van der Waals surface area (Å²) in [4.78, 5) is 0. The minimum Gasteiger partial charge on any atom is -0.487 e. The summed E-state index contributed by atoms with van der Waals surface area (Å²) in [7, 11) is 0. The van der Waals surface area contributed by atoms with E-state index in [0.29, 0.717) is 15.8 Å². The molecule has 1 aromatic carbocycles. The first-order valence-electron chi connectivity index (χ1n) is 4.13. The predicted octanol–water partition coefficient (Wildman–Crippen LogP) is 3.68. The van der Waals surface area contributed by atoms with Gasteiger partial charge >= 0.3 is 0 Å². The van der Waals surface area contributed by atoms with Crippen molar-refractivity contribution in [2.75, 3.05) is 0 Å². The Hall–Kier alpha value is -0.570. The highest BCUT2D eigenvalue weighted by Crippen LogP contribution is 2.30. The lowest BCUT2D eigenvalue weighted by Crippen LogP contribution is -2.08. The third-order valence-electron chi connectivity index (χ3n) is 1.60. The molecule has 0 bridgehead atoms. The summed E-state index contributed by atoms with van der Waals surface area (Å²) < 4.78 is 19.5. The summed E-state index contributed by atoms with van der Waals surface area (Å²) in [6.07, 6.45) is -0.0207. The molecule has 1 nitrogen and oxygen atoms in total. The van der Waals surface area contributed by atoms with Crippen molar-refractivity contribution in [2.45, 2.75) is 26.9 Å². The lowest BCUT2D eigenvalue weighted by Gasteiger charge is -2.13. The van der Waals surface area contributed by atoms with Crippen LogP contribution in [0.25, 0.3) is 0 Å². The number of rotatable bonds is 2. The van der Waals surface area contributed by atoms with E-state index in [0.717, 1.165) is 0 Å². The van der Waals surface area contributed by atoms with Gasteiger partial charge in [0, 0.05) is 0 Å². The molecule has 0 heterocycles. The maximum atomic E-state index is 13.5. The lowest BCUT2D eigenvalue weighted by atomic mass is 10.2. The molecule has 0 fully saturated rings. The number of ether oxygens (including phenoxy) is 1. The van der Waals surface area contributed by atoms with Gasteiger partial charge < -0.3 is 4.74 Å². The molecule has 0 amide bonds. The third kappa shape index (κ3) is 2.44. The average molecular weight is 247 g/mol. The van der Waals surface area contributed by atoms with E-state index in [1.807, 2.05) is 13.8 Å². The Kier molecular flexibility index (Phi) is 3.31. The van der Waals surface area contributed by atoms with Gasteiger partial charge in [-0.15, -0.1) is 0 Å². The second-order valence-electron chi connectivity index (χ2n) is 3.17. The van der Waals surface area contributed by atoms with E-state index in [4.69, 9.17) is 4.74 Å². The van der Waals surface area contributed by atoms with Crippen LogP contribution in [-0.2, 0) is 0 Å². The van der Waals surface area contributed by atoms with E-state index >= 15 is 0 Å². The fourth-order valence-electron chi connectivity index (χ4n) is 0.975. The van der Waals surface area contributed by atoms with Gasteiger partial charge in [-0.25, -0.2) is 4.39 Å². The predicted molar refractivity (Wildman–Crippen MR) is 54.6 cm³/mol. The van der Waals surface area contributed by atoms with Gasteiger partial charge in [0.1, 0.15) is 0 Å². The molecular formula is C10H12BrFO. The SMILES string of the molecule is Cc1ccc(Br)c(OC(C)C)c1F. The van der Waals surface area contributed by atoms with Crippen molar-refractivity contribution in [1.82, 2.24) is 0 Å². The van der Waals surface area contributed by atoms with Crippen LogP contribution >= 0.6 is 15.9 Å². The molecule has 0 N–H and O–H groups in total. The van der Waals surface area contributed by atoms with Crippen molar-refractivity contribution < 1.29 is 9.13 Å². The largest absolute Gasteiger partial charge is 0.487 e. The molecule has 0 atom stereocenters. The summed E-state index contributed by atoms with van der Waals surface area (Å²) in [5.41, 5.74) is 0.596. The molecule has 1 rings (SSSR count). The van der Waals surface area contributed by atoms with Gasteiger partial charge in [-0.05, 0) is 48.3 Å². The topological polar surface area (TPSA) is 9.23 Å². The molecule has 0 radical (unpaired) electrons. The molecule has 1 aromatic rings. The highest BCUT2D eigenvalue weighted by molar-refractivity contribution is 9.10. The Bertz CT molecular complexity index is 310. The van der Waals surface area contributed by atoms with Crippen molar-refractivity contribution in [1.29, 1.82) is 0 Å². The zero-order valence-corrected chi connectivity index (χ0v) is 9.48. The van der Waals surface area contributed by atoms with Crippen molar-refractivity contribution in [2.24, 2.45) is 0 Å². The Morgan fingerprint density at radius 1 is 1.38 bits per heavy atom. The first-order chi connectivity index (χ1) is 6.02. The number of benzene rings is 1. The van der Waals surface area contributed by atoms with Crippen LogP contribution in [0.5, 0.6) is 5.75 Å². The number of halogens is 2. The maximum Gasteiger partial charge on any atom is 0.169 e. The first kappa shape index (κ1) is 10.5. The van der Waals surface area contributed by atoms with E-state index in [1.165, 1.54) is 0 Å². The quantitative estimate of drug-likeness (QED) is 0.774. The highest BCUT2D eigenvalue weighted by atomic mass is 79.9. The molecule has 0 unspecified atom stereocenters. The molecule has 0 aliphatic rings. The van der Waals surface area contributed by atoms with Crippen molar-refractivity contribution in [3.63, 3.8) is 0 Å². The van der Waals surface area contributed by atoms with Gasteiger partial charge in [-0.1, -0.05) is 6.07 Å². The molecule has 0 saturated heterocycles. The molecule has 3 heteroatoms. The van der Waals surface area contributed by atoms with Gasteiger partial charge in [0.2, 0.25) is 0 Å². The smallest absolute Gasteiger partial charge is 0.169 e. The van der Waals surface area contributed by atoms with E-state index in [2.05, 4.69) is 15.9 Å². The van der Waals surface area contributed by atoms with Crippen molar-refractivity contribution in [3.05, 3.63) is 28.0 Å². The highest BCUT2D eigenvalue weighted by Gasteiger charge is 2.11. The molecule has 0 aromatic heterocycles. The summed E-state index contributed by atoms with van der Waals surface area (Å²) in [6, 6.07) is 3.50. The molecular weight excluding hydrogens is 235 g/mol. The summed E-state index contributed by atoms with van der Waals surface area (Å²) in [5, 5.41) is 0. The Balaban J connectivity index is 3.10. The monoisotopic (exact) mass is 246 g/mol. The molecule has 0 spiro atoms. The fraction of sp³-hybridized carbons (Fsp3) is 0.400. The van der Waals surface area contributed by atoms with Gasteiger partial charge in [-0.2, -0.15) is 0 Å². The van der Waals surface area contributed by atoms with Crippen LogP contribution in [0.2, 0.25) is 0 Å². The molecule has 0 saturated carbocycles. The minimum atomic E-state index is -0.289. The molecule has 0 aliphatic carbocycles. The Morgan fingerprint density at radius 2 is 2.00 bits per heavy atom. The average Bonchev–Trinajstić information content (AvgIpc) is 2.05.